The van der Waals surface area contributed by atoms with Gasteiger partial charge in [0.1, 0.15) is 5.58 Å². The van der Waals surface area contributed by atoms with Crippen LogP contribution in [-0.4, -0.2) is 11.8 Å². The average Bonchev–Trinajstić information content (AvgIpc) is 3.15. The second-order valence-electron chi connectivity index (χ2n) is 4.86. The molecule has 1 fully saturated rings. The summed E-state index contributed by atoms with van der Waals surface area (Å²) in [5.74, 6) is -0.317. The highest BCUT2D eigenvalue weighted by Gasteiger charge is 2.30. The van der Waals surface area contributed by atoms with Gasteiger partial charge in [-0.05, 0) is 31.9 Å². The predicted octanol–water partition coefficient (Wildman–Crippen LogP) is 2.19. The van der Waals surface area contributed by atoms with E-state index < -0.39 is 5.91 Å². The van der Waals surface area contributed by atoms with Crippen LogP contribution in [0.15, 0.2) is 22.6 Å². The zero-order valence-corrected chi connectivity index (χ0v) is 10.5. The van der Waals surface area contributed by atoms with E-state index in [9.17, 15) is 9.59 Å². The van der Waals surface area contributed by atoms with E-state index in [1.165, 1.54) is 0 Å². The molecule has 0 aliphatic heterocycles. The van der Waals surface area contributed by atoms with Crippen LogP contribution >= 0.6 is 0 Å². The van der Waals surface area contributed by atoms with Crippen molar-refractivity contribution in [2.24, 2.45) is 11.7 Å². The summed E-state index contributed by atoms with van der Waals surface area (Å²) < 4.78 is 5.43. The van der Waals surface area contributed by atoms with Crippen molar-refractivity contribution in [2.75, 3.05) is 5.32 Å². The Morgan fingerprint density at radius 2 is 2.11 bits per heavy atom. The van der Waals surface area contributed by atoms with Crippen LogP contribution in [-0.2, 0) is 4.79 Å². The molecule has 2 aromatic rings. The Labute approximate surface area is 109 Å². The van der Waals surface area contributed by atoms with E-state index in [2.05, 4.69) is 5.32 Å². The van der Waals surface area contributed by atoms with Crippen LogP contribution in [0, 0.1) is 12.8 Å². The second-order valence-corrected chi connectivity index (χ2v) is 4.86. The summed E-state index contributed by atoms with van der Waals surface area (Å²) in [6, 6.07) is 5.33. The number of hydrogen-bond donors (Lipinski definition) is 2. The van der Waals surface area contributed by atoms with Gasteiger partial charge in [-0.25, -0.2) is 0 Å². The Morgan fingerprint density at radius 1 is 1.37 bits per heavy atom. The molecule has 98 valence electrons. The van der Waals surface area contributed by atoms with Crippen molar-refractivity contribution in [1.29, 1.82) is 0 Å². The summed E-state index contributed by atoms with van der Waals surface area (Å²) in [6.07, 6.45) is 1.89. The molecule has 1 heterocycles. The first-order valence-electron chi connectivity index (χ1n) is 6.20. The fraction of sp³-hybridized carbons (Fsp3) is 0.286. The summed E-state index contributed by atoms with van der Waals surface area (Å²) in [5, 5.41) is 3.63. The van der Waals surface area contributed by atoms with Gasteiger partial charge in [0.2, 0.25) is 5.91 Å². The molecular formula is C14H14N2O3. The Hall–Kier alpha value is -2.30. The monoisotopic (exact) mass is 258 g/mol. The maximum Gasteiger partial charge on any atom is 0.284 e. The van der Waals surface area contributed by atoms with Crippen LogP contribution in [0.4, 0.5) is 5.69 Å². The number of rotatable bonds is 3. The van der Waals surface area contributed by atoms with Gasteiger partial charge in [0, 0.05) is 16.9 Å². The SMILES string of the molecule is Cc1c(C(N)=O)oc2cccc(NC(=O)C3CC3)c12. The van der Waals surface area contributed by atoms with Gasteiger partial charge in [-0.3, -0.25) is 9.59 Å². The van der Waals surface area contributed by atoms with Crippen molar-refractivity contribution >= 4 is 28.5 Å². The lowest BCUT2D eigenvalue weighted by Crippen LogP contribution is -2.13. The molecule has 0 spiro atoms. The number of furan rings is 1. The molecule has 1 aliphatic carbocycles. The smallest absolute Gasteiger partial charge is 0.284 e. The lowest BCUT2D eigenvalue weighted by atomic mass is 10.1. The zero-order chi connectivity index (χ0) is 13.6. The highest BCUT2D eigenvalue weighted by Crippen LogP contribution is 2.34. The maximum atomic E-state index is 11.8. The molecule has 0 radical (unpaired) electrons. The molecule has 0 atom stereocenters. The molecule has 0 saturated heterocycles. The zero-order valence-electron chi connectivity index (χ0n) is 10.5. The molecule has 2 amide bonds. The van der Waals surface area contributed by atoms with Crippen LogP contribution in [0.3, 0.4) is 0 Å². The number of benzene rings is 1. The fourth-order valence-electron chi connectivity index (χ4n) is 2.22. The molecule has 0 bridgehead atoms. The van der Waals surface area contributed by atoms with E-state index in [0.717, 1.165) is 18.2 Å². The van der Waals surface area contributed by atoms with Crippen molar-refractivity contribution < 1.29 is 14.0 Å². The second kappa shape index (κ2) is 4.12. The molecule has 1 aromatic carbocycles. The van der Waals surface area contributed by atoms with Gasteiger partial charge in [-0.15, -0.1) is 0 Å². The van der Waals surface area contributed by atoms with E-state index in [1.807, 2.05) is 0 Å². The van der Waals surface area contributed by atoms with Crippen molar-refractivity contribution in [3.05, 3.63) is 29.5 Å². The number of fused-ring (bicyclic) bond motifs is 1. The van der Waals surface area contributed by atoms with Crippen molar-refractivity contribution in [3.8, 4) is 0 Å². The highest BCUT2D eigenvalue weighted by atomic mass is 16.3. The van der Waals surface area contributed by atoms with Crippen molar-refractivity contribution in [3.63, 3.8) is 0 Å². The van der Waals surface area contributed by atoms with Crippen LogP contribution in [0.1, 0.15) is 29.0 Å². The summed E-state index contributed by atoms with van der Waals surface area (Å²) in [4.78, 5) is 23.1. The largest absolute Gasteiger partial charge is 0.451 e. The molecule has 0 unspecified atom stereocenters. The summed E-state index contributed by atoms with van der Waals surface area (Å²) in [5.41, 5.74) is 7.15. The minimum Gasteiger partial charge on any atom is -0.451 e. The lowest BCUT2D eigenvalue weighted by molar-refractivity contribution is -0.117. The van der Waals surface area contributed by atoms with Crippen molar-refractivity contribution in [2.45, 2.75) is 19.8 Å². The van der Waals surface area contributed by atoms with E-state index in [1.54, 1.807) is 25.1 Å². The third-order valence-electron chi connectivity index (χ3n) is 3.38. The molecule has 1 saturated carbocycles. The first kappa shape index (κ1) is 11.8. The van der Waals surface area contributed by atoms with E-state index >= 15 is 0 Å². The standard InChI is InChI=1S/C14H14N2O3/c1-7-11-9(16-14(18)8-5-6-8)3-2-4-10(11)19-12(7)13(15)17/h2-4,8H,5-6H2,1H3,(H2,15,17)(H,16,18). The van der Waals surface area contributed by atoms with Gasteiger partial charge in [0.15, 0.2) is 5.76 Å². The minimum atomic E-state index is -0.604. The average molecular weight is 258 g/mol. The van der Waals surface area contributed by atoms with Gasteiger partial charge in [-0.2, -0.15) is 0 Å². The Kier molecular flexibility index (Phi) is 2.55. The number of carbonyl (C=O) groups is 2. The van der Waals surface area contributed by atoms with Gasteiger partial charge in [0.05, 0.1) is 5.69 Å². The molecule has 1 aliphatic rings. The van der Waals surface area contributed by atoms with Crippen molar-refractivity contribution in [1.82, 2.24) is 0 Å². The summed E-state index contributed by atoms with van der Waals surface area (Å²) in [6.45, 7) is 1.76. The number of nitrogens with one attached hydrogen (secondary N) is 1. The molecular weight excluding hydrogens is 244 g/mol. The number of primary amides is 1. The number of carbonyl (C=O) groups excluding carboxylic acids is 2. The van der Waals surface area contributed by atoms with E-state index in [0.29, 0.717) is 16.8 Å². The number of aryl methyl sites for hydroxylation is 1. The first-order valence-corrected chi connectivity index (χ1v) is 6.20. The quantitative estimate of drug-likeness (QED) is 0.884. The number of hydrogen-bond acceptors (Lipinski definition) is 3. The fourth-order valence-corrected chi connectivity index (χ4v) is 2.22. The number of nitrogens with two attached hydrogens (primary N) is 1. The third-order valence-corrected chi connectivity index (χ3v) is 3.38. The minimum absolute atomic E-state index is 0.0220. The topological polar surface area (TPSA) is 85.3 Å². The normalized spacial score (nSPS) is 14.6. The number of amides is 2. The predicted molar refractivity (Wildman–Crippen MR) is 70.8 cm³/mol. The molecule has 5 heteroatoms. The molecule has 19 heavy (non-hydrogen) atoms. The van der Waals surface area contributed by atoms with Gasteiger partial charge in [-0.1, -0.05) is 6.07 Å². The Balaban J connectivity index is 2.08. The lowest BCUT2D eigenvalue weighted by Gasteiger charge is -2.05. The highest BCUT2D eigenvalue weighted by molar-refractivity contribution is 6.06. The Bertz CT molecular complexity index is 683. The summed E-state index contributed by atoms with van der Waals surface area (Å²) in [7, 11) is 0. The van der Waals surface area contributed by atoms with E-state index in [-0.39, 0.29) is 17.6 Å². The van der Waals surface area contributed by atoms with Crippen LogP contribution < -0.4 is 11.1 Å². The van der Waals surface area contributed by atoms with E-state index in [4.69, 9.17) is 10.2 Å². The summed E-state index contributed by atoms with van der Waals surface area (Å²) >= 11 is 0. The third kappa shape index (κ3) is 1.97. The number of anilines is 1. The van der Waals surface area contributed by atoms with Gasteiger partial charge in [0.25, 0.3) is 5.91 Å². The Morgan fingerprint density at radius 3 is 2.74 bits per heavy atom. The maximum absolute atomic E-state index is 11.8. The first-order chi connectivity index (χ1) is 9.08. The molecule has 3 rings (SSSR count). The van der Waals surface area contributed by atoms with Crippen LogP contribution in [0.25, 0.3) is 11.0 Å². The van der Waals surface area contributed by atoms with Crippen LogP contribution in [0.2, 0.25) is 0 Å². The van der Waals surface area contributed by atoms with Crippen LogP contribution in [0.5, 0.6) is 0 Å². The van der Waals surface area contributed by atoms with Gasteiger partial charge >= 0.3 is 0 Å². The molecule has 1 aromatic heterocycles. The molecule has 3 N–H and O–H groups in total. The van der Waals surface area contributed by atoms with Gasteiger partial charge < -0.3 is 15.5 Å². The molecule has 5 nitrogen and oxygen atoms in total.